The molecule has 1 fully saturated rings. The van der Waals surface area contributed by atoms with Gasteiger partial charge in [0.15, 0.2) is 0 Å². The molecule has 2 aliphatic rings. The summed E-state index contributed by atoms with van der Waals surface area (Å²) in [6, 6.07) is 20.6. The van der Waals surface area contributed by atoms with E-state index in [0.717, 1.165) is 40.6 Å². The maximum absolute atomic E-state index is 9.95. The minimum Gasteiger partial charge on any atom is -0.508 e. The molecule has 0 radical (unpaired) electrons. The number of nitrogens with zero attached hydrogens (tertiary/aromatic N) is 1. The molecule has 2 heterocycles. The second kappa shape index (κ2) is 9.43. The zero-order valence-corrected chi connectivity index (χ0v) is 20.4. The molecule has 5 rings (SSSR count). The Morgan fingerprint density at radius 1 is 0.912 bits per heavy atom. The number of likely N-dealkylation sites (tertiary alicyclic amines) is 1. The van der Waals surface area contributed by atoms with Crippen LogP contribution in [0.3, 0.4) is 0 Å². The Bertz CT molecular complexity index is 1120. The van der Waals surface area contributed by atoms with Crippen LogP contribution in [0.25, 0.3) is 0 Å². The summed E-state index contributed by atoms with van der Waals surface area (Å²) in [6.45, 7) is 7.43. The van der Waals surface area contributed by atoms with E-state index >= 15 is 0 Å². The Hall–Kier alpha value is -2.83. The SMILES string of the molecule is CC(C)(COc1ccc([C@@H]2Oc3ccc(O)cc3S[C@@H]2c2ccc(O)cc2)cc1)N1CCCC1. The van der Waals surface area contributed by atoms with Crippen LogP contribution < -0.4 is 9.47 Å². The molecule has 0 saturated carbocycles. The van der Waals surface area contributed by atoms with Gasteiger partial charge in [-0.15, -0.1) is 11.8 Å². The fourth-order valence-corrected chi connectivity index (χ4v) is 5.98. The highest BCUT2D eigenvalue weighted by atomic mass is 32.2. The van der Waals surface area contributed by atoms with Gasteiger partial charge in [0.1, 0.15) is 35.7 Å². The number of hydrogen-bond acceptors (Lipinski definition) is 6. The first-order chi connectivity index (χ1) is 16.4. The Morgan fingerprint density at radius 2 is 1.56 bits per heavy atom. The van der Waals surface area contributed by atoms with Crippen molar-refractivity contribution in [2.24, 2.45) is 0 Å². The fraction of sp³-hybridized carbons (Fsp3) is 0.357. The van der Waals surface area contributed by atoms with Gasteiger partial charge in [0.25, 0.3) is 0 Å². The second-order valence-corrected chi connectivity index (χ2v) is 10.8. The molecule has 0 spiro atoms. The van der Waals surface area contributed by atoms with Crippen LogP contribution >= 0.6 is 11.8 Å². The summed E-state index contributed by atoms with van der Waals surface area (Å²) >= 11 is 1.66. The van der Waals surface area contributed by atoms with Crippen LogP contribution in [0.15, 0.2) is 71.6 Å². The summed E-state index contributed by atoms with van der Waals surface area (Å²) in [5, 5.41) is 19.7. The normalized spacial score (nSPS) is 20.5. The number of phenolic OH excluding ortho intramolecular Hbond substituents is 2. The van der Waals surface area contributed by atoms with Crippen molar-refractivity contribution < 1.29 is 19.7 Å². The van der Waals surface area contributed by atoms with Crippen molar-refractivity contribution in [3.05, 3.63) is 77.9 Å². The third-order valence-electron chi connectivity index (χ3n) is 6.69. The van der Waals surface area contributed by atoms with Crippen LogP contribution in [0, 0.1) is 0 Å². The van der Waals surface area contributed by atoms with Crippen LogP contribution in [0.4, 0.5) is 0 Å². The van der Waals surface area contributed by atoms with E-state index < -0.39 is 0 Å². The summed E-state index contributed by atoms with van der Waals surface area (Å²) in [5.41, 5.74) is 2.11. The number of ether oxygens (including phenoxy) is 2. The number of hydrogen-bond donors (Lipinski definition) is 2. The van der Waals surface area contributed by atoms with Gasteiger partial charge in [-0.25, -0.2) is 0 Å². The molecule has 2 N–H and O–H groups in total. The largest absolute Gasteiger partial charge is 0.508 e. The van der Waals surface area contributed by atoms with E-state index in [-0.39, 0.29) is 28.4 Å². The first kappa shape index (κ1) is 22.9. The molecular formula is C28H31NO4S. The smallest absolute Gasteiger partial charge is 0.140 e. The predicted octanol–water partition coefficient (Wildman–Crippen LogP) is 6.32. The van der Waals surface area contributed by atoms with Crippen LogP contribution in [0.2, 0.25) is 0 Å². The maximum atomic E-state index is 9.95. The molecule has 34 heavy (non-hydrogen) atoms. The van der Waals surface area contributed by atoms with E-state index in [2.05, 4.69) is 30.9 Å². The molecule has 0 unspecified atom stereocenters. The van der Waals surface area contributed by atoms with Crippen LogP contribution in [0.1, 0.15) is 49.2 Å². The van der Waals surface area contributed by atoms with E-state index in [1.165, 1.54) is 12.8 Å². The molecule has 0 aliphatic carbocycles. The van der Waals surface area contributed by atoms with Gasteiger partial charge in [0, 0.05) is 5.54 Å². The van der Waals surface area contributed by atoms with Gasteiger partial charge in [-0.3, -0.25) is 4.90 Å². The molecule has 2 atom stereocenters. The quantitative estimate of drug-likeness (QED) is 0.433. The Kier molecular flexibility index (Phi) is 6.36. The molecule has 5 nitrogen and oxygen atoms in total. The molecule has 1 saturated heterocycles. The first-order valence-electron chi connectivity index (χ1n) is 11.8. The number of benzene rings is 3. The lowest BCUT2D eigenvalue weighted by atomic mass is 10.00. The Labute approximate surface area is 205 Å². The number of aromatic hydroxyl groups is 2. The predicted molar refractivity (Wildman–Crippen MR) is 135 cm³/mol. The minimum absolute atomic E-state index is 0.0114. The molecule has 6 heteroatoms. The fourth-order valence-electron chi connectivity index (χ4n) is 4.66. The number of fused-ring (bicyclic) bond motifs is 1. The van der Waals surface area contributed by atoms with E-state index in [1.807, 2.05) is 30.3 Å². The van der Waals surface area contributed by atoms with Crippen LogP contribution in [-0.4, -0.2) is 40.3 Å². The van der Waals surface area contributed by atoms with Crippen molar-refractivity contribution in [3.63, 3.8) is 0 Å². The van der Waals surface area contributed by atoms with E-state index in [4.69, 9.17) is 9.47 Å². The number of rotatable bonds is 6. The molecule has 3 aromatic carbocycles. The number of phenols is 2. The lowest BCUT2D eigenvalue weighted by Crippen LogP contribution is -2.46. The van der Waals surface area contributed by atoms with E-state index in [1.54, 1.807) is 36.0 Å². The van der Waals surface area contributed by atoms with Crippen molar-refractivity contribution in [1.29, 1.82) is 0 Å². The van der Waals surface area contributed by atoms with Crippen molar-refractivity contribution in [1.82, 2.24) is 4.90 Å². The molecule has 2 aliphatic heterocycles. The van der Waals surface area contributed by atoms with Crippen molar-refractivity contribution in [2.45, 2.75) is 48.5 Å². The van der Waals surface area contributed by atoms with Crippen molar-refractivity contribution in [3.8, 4) is 23.0 Å². The zero-order valence-electron chi connectivity index (χ0n) is 19.6. The summed E-state index contributed by atoms with van der Waals surface area (Å²) in [4.78, 5) is 3.41. The molecular weight excluding hydrogens is 446 g/mol. The Balaban J connectivity index is 1.36. The lowest BCUT2D eigenvalue weighted by molar-refractivity contribution is 0.0894. The van der Waals surface area contributed by atoms with Crippen molar-refractivity contribution in [2.75, 3.05) is 19.7 Å². The van der Waals surface area contributed by atoms with Gasteiger partial charge < -0.3 is 19.7 Å². The summed E-state index contributed by atoms with van der Waals surface area (Å²) < 4.78 is 12.6. The molecule has 3 aromatic rings. The van der Waals surface area contributed by atoms with E-state index in [0.29, 0.717) is 6.61 Å². The second-order valence-electron chi connectivity index (χ2n) is 9.66. The Morgan fingerprint density at radius 3 is 2.26 bits per heavy atom. The topological polar surface area (TPSA) is 62.2 Å². The highest BCUT2D eigenvalue weighted by Gasteiger charge is 2.34. The third-order valence-corrected chi connectivity index (χ3v) is 8.04. The molecule has 178 valence electrons. The standard InChI is InChI=1S/C28H31NO4S/c1-28(2,29-15-3-4-16-29)18-32-23-12-7-19(8-13-23)26-27(20-5-9-21(30)10-6-20)34-25-17-22(31)11-14-24(25)33-26/h5-14,17,26-27,30-31H,3-4,15-16,18H2,1-2H3/t26-,27+/m0/s1. The maximum Gasteiger partial charge on any atom is 0.140 e. The molecule has 0 aromatic heterocycles. The van der Waals surface area contributed by atoms with Gasteiger partial charge in [0.05, 0.1) is 10.1 Å². The lowest BCUT2D eigenvalue weighted by Gasteiger charge is -2.35. The molecule has 0 bridgehead atoms. The first-order valence-corrected chi connectivity index (χ1v) is 12.7. The highest BCUT2D eigenvalue weighted by Crippen LogP contribution is 2.54. The third kappa shape index (κ3) is 4.84. The summed E-state index contributed by atoms with van der Waals surface area (Å²) in [5.74, 6) is 2.07. The molecule has 0 amide bonds. The van der Waals surface area contributed by atoms with Gasteiger partial charge >= 0.3 is 0 Å². The average Bonchev–Trinajstić information content (AvgIpc) is 3.39. The monoisotopic (exact) mass is 477 g/mol. The van der Waals surface area contributed by atoms with Gasteiger partial charge in [0.2, 0.25) is 0 Å². The van der Waals surface area contributed by atoms with Crippen molar-refractivity contribution >= 4 is 11.8 Å². The highest BCUT2D eigenvalue weighted by molar-refractivity contribution is 7.99. The van der Waals surface area contributed by atoms with Crippen LogP contribution in [-0.2, 0) is 0 Å². The summed E-state index contributed by atoms with van der Waals surface area (Å²) in [6.07, 6.45) is 2.31. The number of thioether (sulfide) groups is 1. The zero-order chi connectivity index (χ0) is 23.7. The minimum atomic E-state index is -0.221. The summed E-state index contributed by atoms with van der Waals surface area (Å²) in [7, 11) is 0. The van der Waals surface area contributed by atoms with Crippen LogP contribution in [0.5, 0.6) is 23.0 Å². The van der Waals surface area contributed by atoms with Gasteiger partial charge in [-0.1, -0.05) is 24.3 Å². The average molecular weight is 478 g/mol. The van der Waals surface area contributed by atoms with E-state index in [9.17, 15) is 10.2 Å². The van der Waals surface area contributed by atoms with Gasteiger partial charge in [-0.05, 0) is 93.4 Å². The van der Waals surface area contributed by atoms with Gasteiger partial charge in [-0.2, -0.15) is 0 Å².